The van der Waals surface area contributed by atoms with Crippen molar-refractivity contribution in [2.45, 2.75) is 20.8 Å². The van der Waals surface area contributed by atoms with E-state index >= 15 is 0 Å². The van der Waals surface area contributed by atoms with E-state index in [1.807, 2.05) is 0 Å². The fourth-order valence-electron chi connectivity index (χ4n) is 3.92. The van der Waals surface area contributed by atoms with Crippen molar-refractivity contribution in [1.29, 1.82) is 0 Å². The first-order chi connectivity index (χ1) is 18.0. The van der Waals surface area contributed by atoms with Gasteiger partial charge in [-0.05, 0) is 45.0 Å². The first-order valence-corrected chi connectivity index (χ1v) is 11.4. The van der Waals surface area contributed by atoms with Crippen LogP contribution in [-0.2, 0) is 9.53 Å². The Balaban J connectivity index is 2.06. The summed E-state index contributed by atoms with van der Waals surface area (Å²) in [6.07, 6.45) is 0. The number of halogens is 2. The number of Topliss-reactive ketones (excluding diaryl/α,β-unsaturated/α-hetero) is 1. The fourth-order valence-corrected chi connectivity index (χ4v) is 3.92. The smallest absolute Gasteiger partial charge is 0.344 e. The molecule has 4 rings (SSSR count). The van der Waals surface area contributed by atoms with Crippen LogP contribution in [0.5, 0.6) is 11.6 Å². The molecule has 0 aliphatic heterocycles. The zero-order chi connectivity index (χ0) is 27.7. The number of esters is 1. The minimum absolute atomic E-state index is 0.0510. The maximum absolute atomic E-state index is 14.3. The molecule has 0 saturated carbocycles. The number of amides is 1. The summed E-state index contributed by atoms with van der Waals surface area (Å²) in [7, 11) is 0. The number of hydrogen-bond acceptors (Lipinski definition) is 7. The third kappa shape index (κ3) is 4.61. The lowest BCUT2D eigenvalue weighted by Crippen LogP contribution is -2.33. The van der Waals surface area contributed by atoms with Gasteiger partial charge in [0.05, 0.1) is 28.9 Å². The quantitative estimate of drug-likeness (QED) is 0.212. The molecular weight excluding hydrogens is 500 g/mol. The summed E-state index contributed by atoms with van der Waals surface area (Å²) in [4.78, 5) is 57.6. The lowest BCUT2D eigenvalue weighted by Gasteiger charge is -2.17. The van der Waals surface area contributed by atoms with Crippen LogP contribution >= 0.6 is 0 Å². The Morgan fingerprint density at radius 1 is 1.05 bits per heavy atom. The number of hydrogen-bond donors (Lipinski definition) is 2. The number of fused-ring (bicyclic) bond motifs is 1. The van der Waals surface area contributed by atoms with E-state index in [1.54, 1.807) is 30.3 Å². The summed E-state index contributed by atoms with van der Waals surface area (Å²) in [5.41, 5.74) is 3.05. The number of aromatic nitrogens is 2. The molecule has 9 nitrogen and oxygen atoms in total. The highest BCUT2D eigenvalue weighted by Gasteiger charge is 2.30. The van der Waals surface area contributed by atoms with E-state index in [4.69, 9.17) is 15.2 Å². The largest absolute Gasteiger partial charge is 0.462 e. The van der Waals surface area contributed by atoms with Gasteiger partial charge in [-0.1, -0.05) is 18.2 Å². The molecule has 194 valence electrons. The summed E-state index contributed by atoms with van der Waals surface area (Å²) < 4.78 is 38.9. The molecule has 2 heterocycles. The monoisotopic (exact) mass is 521 g/mol. The molecular formula is C27H21F2N3O6. The van der Waals surface area contributed by atoms with E-state index in [9.17, 15) is 28.0 Å². The number of aryl methyl sites for hydroxylation is 1. The van der Waals surface area contributed by atoms with Crippen LogP contribution in [0, 0.1) is 25.5 Å². The van der Waals surface area contributed by atoms with Crippen LogP contribution < -0.4 is 15.9 Å². The lowest BCUT2D eigenvalue weighted by atomic mass is 9.98. The molecule has 0 spiro atoms. The molecule has 0 fully saturated rings. The van der Waals surface area contributed by atoms with Gasteiger partial charge < -0.3 is 20.2 Å². The third-order valence-corrected chi connectivity index (χ3v) is 5.78. The predicted octanol–water partition coefficient (Wildman–Crippen LogP) is 4.12. The number of nitrogens with one attached hydrogen (secondary N) is 1. The molecule has 1 amide bonds. The maximum atomic E-state index is 14.3. The molecule has 0 saturated heterocycles. The number of primary amides is 1. The van der Waals surface area contributed by atoms with Crippen LogP contribution in [-0.4, -0.2) is 34.2 Å². The highest BCUT2D eigenvalue weighted by Crippen LogP contribution is 2.37. The maximum Gasteiger partial charge on any atom is 0.344 e. The molecule has 0 aliphatic rings. The van der Waals surface area contributed by atoms with Crippen molar-refractivity contribution in [3.8, 4) is 22.9 Å². The van der Waals surface area contributed by atoms with Gasteiger partial charge in [0.15, 0.2) is 11.6 Å². The summed E-state index contributed by atoms with van der Waals surface area (Å²) in [5, 5.41) is 0.586. The number of pyridine rings is 2. The second-order valence-electron chi connectivity index (χ2n) is 8.24. The Morgan fingerprint density at radius 3 is 2.45 bits per heavy atom. The number of nitrogens with zero attached hydrogens (tertiary/aromatic N) is 1. The number of nitrogens with two attached hydrogens (primary N) is 1. The SMILES string of the molecule is CCOC(=O)c1c(-c2cc3ccccc3nc2Oc2ccc(F)c(F)c2C)[nH]c(C)c(C(=O)C(N)=O)c1=O. The van der Waals surface area contributed by atoms with Crippen LogP contribution in [0.15, 0.2) is 47.3 Å². The highest BCUT2D eigenvalue weighted by atomic mass is 19.2. The predicted molar refractivity (Wildman–Crippen MR) is 133 cm³/mol. The number of ether oxygens (including phenoxy) is 2. The van der Waals surface area contributed by atoms with Crippen molar-refractivity contribution >= 4 is 28.6 Å². The Hall–Kier alpha value is -4.93. The standard InChI is InChI=1S/C27H21F2N3O6/c1-4-37-27(36)20-22(31-13(3)19(23(20)33)24(34)25(30)35)15-11-14-7-5-6-8-17(14)32-26(15)38-18-10-9-16(28)21(29)12(18)2/h5-11H,4H2,1-3H3,(H2,30,35)(H,31,33). The number of benzene rings is 2. The van der Waals surface area contributed by atoms with Crippen molar-refractivity contribution in [2.24, 2.45) is 5.73 Å². The van der Waals surface area contributed by atoms with Crippen LogP contribution in [0.4, 0.5) is 8.78 Å². The summed E-state index contributed by atoms with van der Waals surface area (Å²) >= 11 is 0. The topological polar surface area (TPSA) is 141 Å². The van der Waals surface area contributed by atoms with Crippen molar-refractivity contribution in [1.82, 2.24) is 9.97 Å². The van der Waals surface area contributed by atoms with Crippen molar-refractivity contribution in [3.63, 3.8) is 0 Å². The molecule has 4 aromatic rings. The van der Waals surface area contributed by atoms with Crippen LogP contribution in [0.1, 0.15) is 38.9 Å². The average molecular weight is 521 g/mol. The van der Waals surface area contributed by atoms with Crippen molar-refractivity contribution < 1.29 is 32.6 Å². The van der Waals surface area contributed by atoms with E-state index < -0.39 is 45.8 Å². The minimum Gasteiger partial charge on any atom is -0.462 e. The van der Waals surface area contributed by atoms with E-state index in [-0.39, 0.29) is 40.8 Å². The number of carbonyl (C=O) groups is 3. The molecule has 2 aromatic heterocycles. The Morgan fingerprint density at radius 2 is 1.76 bits per heavy atom. The van der Waals surface area contributed by atoms with Gasteiger partial charge in [-0.25, -0.2) is 18.6 Å². The number of para-hydroxylation sites is 1. The van der Waals surface area contributed by atoms with Gasteiger partial charge >= 0.3 is 5.97 Å². The molecule has 2 aromatic carbocycles. The molecule has 0 bridgehead atoms. The van der Waals surface area contributed by atoms with E-state index in [1.165, 1.54) is 26.8 Å². The molecule has 0 atom stereocenters. The van der Waals surface area contributed by atoms with Gasteiger partial charge in [0, 0.05) is 16.6 Å². The van der Waals surface area contributed by atoms with E-state index in [0.29, 0.717) is 10.9 Å². The zero-order valence-corrected chi connectivity index (χ0v) is 20.5. The van der Waals surface area contributed by atoms with Gasteiger partial charge in [0.2, 0.25) is 11.3 Å². The number of carbonyl (C=O) groups excluding carboxylic acids is 3. The second kappa shape index (κ2) is 10.2. The zero-order valence-electron chi connectivity index (χ0n) is 20.5. The van der Waals surface area contributed by atoms with Crippen molar-refractivity contribution in [2.75, 3.05) is 6.61 Å². The summed E-state index contributed by atoms with van der Waals surface area (Å²) in [6, 6.07) is 10.5. The van der Waals surface area contributed by atoms with Crippen LogP contribution in [0.3, 0.4) is 0 Å². The van der Waals surface area contributed by atoms with Gasteiger partial charge in [0.25, 0.3) is 11.7 Å². The molecule has 3 N–H and O–H groups in total. The third-order valence-electron chi connectivity index (χ3n) is 5.78. The van der Waals surface area contributed by atoms with Gasteiger partial charge in [-0.2, -0.15) is 0 Å². The second-order valence-corrected chi connectivity index (χ2v) is 8.24. The Kier molecular flexibility index (Phi) is 7.02. The number of H-pyrrole nitrogens is 1. The Labute approximate surface area is 214 Å². The molecule has 0 radical (unpaired) electrons. The molecule has 0 unspecified atom stereocenters. The van der Waals surface area contributed by atoms with Gasteiger partial charge in [0.1, 0.15) is 11.3 Å². The first-order valence-electron chi connectivity index (χ1n) is 11.4. The lowest BCUT2D eigenvalue weighted by molar-refractivity contribution is -0.114. The minimum atomic E-state index is -1.38. The number of aromatic amines is 1. The molecule has 38 heavy (non-hydrogen) atoms. The Bertz CT molecular complexity index is 1700. The fraction of sp³-hybridized carbons (Fsp3) is 0.148. The molecule has 0 aliphatic carbocycles. The van der Waals surface area contributed by atoms with Crippen LogP contribution in [0.2, 0.25) is 0 Å². The average Bonchev–Trinajstić information content (AvgIpc) is 2.88. The highest BCUT2D eigenvalue weighted by molar-refractivity contribution is 6.42. The van der Waals surface area contributed by atoms with E-state index in [2.05, 4.69) is 9.97 Å². The van der Waals surface area contributed by atoms with Crippen molar-refractivity contribution in [3.05, 3.63) is 86.7 Å². The normalized spacial score (nSPS) is 10.9. The van der Waals surface area contributed by atoms with E-state index in [0.717, 1.165) is 6.07 Å². The van der Waals surface area contributed by atoms with Gasteiger partial charge in [-0.3, -0.25) is 14.4 Å². The summed E-state index contributed by atoms with van der Waals surface area (Å²) in [5.74, 6) is -6.16. The number of rotatable bonds is 7. The first kappa shape index (κ1) is 26.1. The number of ketones is 1. The van der Waals surface area contributed by atoms with Crippen LogP contribution in [0.25, 0.3) is 22.2 Å². The van der Waals surface area contributed by atoms with Gasteiger partial charge in [-0.15, -0.1) is 0 Å². The summed E-state index contributed by atoms with van der Waals surface area (Å²) in [6.45, 7) is 4.09. The molecule has 11 heteroatoms.